The molecule has 0 atom stereocenters. The normalized spacial score (nSPS) is 15.2. The van der Waals surface area contributed by atoms with Crippen LogP contribution in [0.5, 0.6) is 0 Å². The molecule has 2 heterocycles. The number of rotatable bonds is 0. The van der Waals surface area contributed by atoms with Crippen molar-refractivity contribution in [1.82, 2.24) is 9.13 Å². The molecule has 0 spiro atoms. The highest BCUT2D eigenvalue weighted by Gasteiger charge is 2.21. The van der Waals surface area contributed by atoms with Crippen LogP contribution in [0.15, 0.2) is 9.59 Å². The van der Waals surface area contributed by atoms with E-state index < -0.39 is 0 Å². The van der Waals surface area contributed by atoms with Crippen molar-refractivity contribution in [2.75, 3.05) is 0 Å². The van der Waals surface area contributed by atoms with Crippen molar-refractivity contribution >= 4 is 21.6 Å². The lowest BCUT2D eigenvalue weighted by Crippen LogP contribution is -2.36. The Hall–Kier alpha value is -1.36. The Kier molecular flexibility index (Phi) is 2.26. The Labute approximate surface area is 102 Å². The minimum Gasteiger partial charge on any atom is -0.295 e. The van der Waals surface area contributed by atoms with E-state index in [0.717, 1.165) is 29.5 Å². The average Bonchev–Trinajstić information content (AvgIpc) is 2.73. The lowest BCUT2D eigenvalue weighted by Gasteiger charge is -2.11. The van der Waals surface area contributed by atoms with E-state index in [9.17, 15) is 9.59 Å². The molecule has 0 bridgehead atoms. The molecule has 2 aromatic rings. The van der Waals surface area contributed by atoms with Crippen LogP contribution in [-0.2, 0) is 26.9 Å². The molecule has 0 unspecified atom stereocenters. The van der Waals surface area contributed by atoms with E-state index in [2.05, 4.69) is 0 Å². The van der Waals surface area contributed by atoms with Crippen molar-refractivity contribution in [3.8, 4) is 0 Å². The number of thiophene rings is 1. The molecule has 1 aliphatic rings. The highest BCUT2D eigenvalue weighted by molar-refractivity contribution is 7.19. The van der Waals surface area contributed by atoms with Crippen molar-refractivity contribution < 1.29 is 0 Å². The van der Waals surface area contributed by atoms with Crippen LogP contribution in [0.4, 0.5) is 0 Å². The zero-order valence-electron chi connectivity index (χ0n) is 9.95. The first-order chi connectivity index (χ1) is 8.11. The van der Waals surface area contributed by atoms with E-state index >= 15 is 0 Å². The molecule has 2 aromatic heterocycles. The summed E-state index contributed by atoms with van der Waals surface area (Å²) in [6, 6.07) is 0. The van der Waals surface area contributed by atoms with Gasteiger partial charge in [-0.3, -0.25) is 13.9 Å². The Morgan fingerprint density at radius 3 is 2.53 bits per heavy atom. The lowest BCUT2D eigenvalue weighted by molar-refractivity contribution is 0.685. The van der Waals surface area contributed by atoms with E-state index in [-0.39, 0.29) is 11.2 Å². The number of aryl methyl sites for hydroxylation is 3. The molecule has 0 aliphatic heterocycles. The van der Waals surface area contributed by atoms with Crippen molar-refractivity contribution in [3.05, 3.63) is 31.3 Å². The first-order valence-corrected chi connectivity index (χ1v) is 6.63. The Bertz CT molecular complexity index is 721. The van der Waals surface area contributed by atoms with Gasteiger partial charge >= 0.3 is 5.69 Å². The predicted molar refractivity (Wildman–Crippen MR) is 68.9 cm³/mol. The van der Waals surface area contributed by atoms with Gasteiger partial charge in [0, 0.05) is 19.0 Å². The summed E-state index contributed by atoms with van der Waals surface area (Å²) >= 11 is 1.57. The van der Waals surface area contributed by atoms with E-state index in [0.29, 0.717) is 0 Å². The smallest absolute Gasteiger partial charge is 0.295 e. The van der Waals surface area contributed by atoms with Crippen molar-refractivity contribution in [2.24, 2.45) is 14.1 Å². The first kappa shape index (κ1) is 10.8. The molecule has 0 amide bonds. The fourth-order valence-electron chi connectivity index (χ4n) is 2.61. The largest absolute Gasteiger partial charge is 0.330 e. The standard InChI is InChI=1S/C12H14N2O2S/c1-13-9-7-5-3-4-6-8(7)17-10(9)11(15)14(2)12(13)16/h3-6H2,1-2H3. The van der Waals surface area contributed by atoms with Crippen LogP contribution in [-0.4, -0.2) is 9.13 Å². The van der Waals surface area contributed by atoms with Crippen LogP contribution in [0.1, 0.15) is 23.3 Å². The third-order valence-corrected chi connectivity index (χ3v) is 4.82. The second kappa shape index (κ2) is 3.57. The van der Waals surface area contributed by atoms with Gasteiger partial charge < -0.3 is 0 Å². The minimum absolute atomic E-state index is 0.150. The van der Waals surface area contributed by atoms with Gasteiger partial charge in [-0.05, 0) is 31.2 Å². The summed E-state index contributed by atoms with van der Waals surface area (Å²) in [7, 11) is 3.30. The summed E-state index contributed by atoms with van der Waals surface area (Å²) in [5.41, 5.74) is 1.72. The Balaban J connectivity index is 2.55. The highest BCUT2D eigenvalue weighted by Crippen LogP contribution is 2.33. The van der Waals surface area contributed by atoms with Gasteiger partial charge in [0.2, 0.25) is 0 Å². The summed E-state index contributed by atoms with van der Waals surface area (Å²) in [6.45, 7) is 0. The number of fused-ring (bicyclic) bond motifs is 3. The molecule has 0 aromatic carbocycles. The molecule has 0 fully saturated rings. The second-order valence-electron chi connectivity index (χ2n) is 4.59. The van der Waals surface area contributed by atoms with Crippen LogP contribution in [0.2, 0.25) is 0 Å². The number of nitrogens with zero attached hydrogens (tertiary/aromatic N) is 2. The Morgan fingerprint density at radius 2 is 1.76 bits per heavy atom. The molecule has 1 aliphatic carbocycles. The van der Waals surface area contributed by atoms with E-state index in [4.69, 9.17) is 0 Å². The monoisotopic (exact) mass is 250 g/mol. The van der Waals surface area contributed by atoms with E-state index in [1.165, 1.54) is 21.4 Å². The second-order valence-corrected chi connectivity index (χ2v) is 5.70. The van der Waals surface area contributed by atoms with Gasteiger partial charge in [-0.15, -0.1) is 11.3 Å². The van der Waals surface area contributed by atoms with Gasteiger partial charge in [0.1, 0.15) is 4.70 Å². The van der Waals surface area contributed by atoms with Crippen molar-refractivity contribution in [3.63, 3.8) is 0 Å². The molecular formula is C12H14N2O2S. The molecule has 0 N–H and O–H groups in total. The number of hydrogen-bond acceptors (Lipinski definition) is 3. The molecule has 0 saturated carbocycles. The van der Waals surface area contributed by atoms with Crippen LogP contribution in [0.25, 0.3) is 10.2 Å². The van der Waals surface area contributed by atoms with Gasteiger partial charge in [0.25, 0.3) is 5.56 Å². The number of aromatic nitrogens is 2. The van der Waals surface area contributed by atoms with Gasteiger partial charge in [0.15, 0.2) is 0 Å². The molecule has 0 radical (unpaired) electrons. The number of hydrogen-bond donors (Lipinski definition) is 0. The summed E-state index contributed by atoms with van der Waals surface area (Å²) < 4.78 is 3.56. The molecule has 5 heteroatoms. The van der Waals surface area contributed by atoms with E-state index in [1.807, 2.05) is 0 Å². The third-order valence-electron chi connectivity index (χ3n) is 3.55. The molecule has 90 valence electrons. The van der Waals surface area contributed by atoms with Crippen LogP contribution in [0.3, 0.4) is 0 Å². The summed E-state index contributed by atoms with van der Waals surface area (Å²) in [5, 5.41) is 0. The summed E-state index contributed by atoms with van der Waals surface area (Å²) in [5.74, 6) is 0. The molecule has 17 heavy (non-hydrogen) atoms. The van der Waals surface area contributed by atoms with Crippen molar-refractivity contribution in [1.29, 1.82) is 0 Å². The van der Waals surface area contributed by atoms with Gasteiger partial charge in [-0.25, -0.2) is 4.79 Å². The lowest BCUT2D eigenvalue weighted by atomic mass is 9.98. The zero-order chi connectivity index (χ0) is 12.2. The quantitative estimate of drug-likeness (QED) is 0.704. The van der Waals surface area contributed by atoms with E-state index in [1.54, 1.807) is 30.0 Å². The maximum absolute atomic E-state index is 12.1. The highest BCUT2D eigenvalue weighted by atomic mass is 32.1. The third kappa shape index (κ3) is 1.35. The fraction of sp³-hybridized carbons (Fsp3) is 0.500. The predicted octanol–water partition coefficient (Wildman–Crippen LogP) is 1.18. The van der Waals surface area contributed by atoms with Crippen molar-refractivity contribution in [2.45, 2.75) is 25.7 Å². The van der Waals surface area contributed by atoms with Gasteiger partial charge in [0.05, 0.1) is 5.52 Å². The van der Waals surface area contributed by atoms with Crippen LogP contribution in [0, 0.1) is 0 Å². The average molecular weight is 250 g/mol. The molecule has 0 saturated heterocycles. The zero-order valence-corrected chi connectivity index (χ0v) is 10.8. The summed E-state index contributed by atoms with van der Waals surface area (Å²) in [4.78, 5) is 25.3. The van der Waals surface area contributed by atoms with Crippen LogP contribution >= 0.6 is 11.3 Å². The first-order valence-electron chi connectivity index (χ1n) is 5.81. The topological polar surface area (TPSA) is 44.0 Å². The SMILES string of the molecule is Cn1c(=O)c2sc3c(c2n(C)c1=O)CCCC3. The van der Waals surface area contributed by atoms with Gasteiger partial charge in [-0.1, -0.05) is 0 Å². The van der Waals surface area contributed by atoms with Gasteiger partial charge in [-0.2, -0.15) is 0 Å². The maximum atomic E-state index is 12.1. The van der Waals surface area contributed by atoms with Crippen LogP contribution < -0.4 is 11.2 Å². The molecule has 4 nitrogen and oxygen atoms in total. The Morgan fingerprint density at radius 1 is 1.06 bits per heavy atom. The fourth-order valence-corrected chi connectivity index (χ4v) is 4.00. The molecular weight excluding hydrogens is 236 g/mol. The molecule has 3 rings (SSSR count). The minimum atomic E-state index is -0.228. The maximum Gasteiger partial charge on any atom is 0.330 e. The summed E-state index contributed by atoms with van der Waals surface area (Å²) in [6.07, 6.45) is 4.39.